The van der Waals surface area contributed by atoms with Crippen LogP contribution in [0.1, 0.15) is 32.3 Å². The quantitative estimate of drug-likeness (QED) is 0.874. The van der Waals surface area contributed by atoms with Crippen LogP contribution < -0.4 is 15.4 Å². The zero-order valence-corrected chi connectivity index (χ0v) is 14.4. The standard InChI is InChI=1S/C17H26N2O2.ClH/c1-12-5-4-6-15(11-12)21-10-8-16(20)19-17-13(2)7-9-18-14(17)3;/h4-6,11,13-14,17-18H,7-10H2,1-3H3,(H,19,20);1H. The lowest BCUT2D eigenvalue weighted by Gasteiger charge is -2.36. The van der Waals surface area contributed by atoms with Crippen molar-refractivity contribution in [1.82, 2.24) is 10.6 Å². The summed E-state index contributed by atoms with van der Waals surface area (Å²) < 4.78 is 5.62. The lowest BCUT2D eigenvalue weighted by atomic mass is 9.89. The van der Waals surface area contributed by atoms with E-state index in [1.807, 2.05) is 31.2 Å². The van der Waals surface area contributed by atoms with Gasteiger partial charge in [0.05, 0.1) is 13.0 Å². The molecule has 0 aliphatic carbocycles. The molecule has 5 heteroatoms. The number of piperidine rings is 1. The number of ether oxygens (including phenoxy) is 1. The summed E-state index contributed by atoms with van der Waals surface area (Å²) in [7, 11) is 0. The van der Waals surface area contributed by atoms with E-state index in [1.165, 1.54) is 0 Å². The number of benzene rings is 1. The molecule has 0 aromatic heterocycles. The minimum atomic E-state index is 0. The molecule has 2 rings (SSSR count). The van der Waals surface area contributed by atoms with Crippen LogP contribution in [0.4, 0.5) is 0 Å². The average molecular weight is 327 g/mol. The van der Waals surface area contributed by atoms with Crippen LogP contribution in [0.2, 0.25) is 0 Å². The van der Waals surface area contributed by atoms with Gasteiger partial charge in [0.2, 0.25) is 5.91 Å². The first-order valence-electron chi connectivity index (χ1n) is 7.78. The summed E-state index contributed by atoms with van der Waals surface area (Å²) >= 11 is 0. The number of hydrogen-bond donors (Lipinski definition) is 2. The summed E-state index contributed by atoms with van der Waals surface area (Å²) in [5, 5.41) is 6.54. The zero-order chi connectivity index (χ0) is 15.2. The Bertz CT molecular complexity index is 471. The van der Waals surface area contributed by atoms with Gasteiger partial charge in [-0.1, -0.05) is 19.1 Å². The highest BCUT2D eigenvalue weighted by Crippen LogP contribution is 2.16. The van der Waals surface area contributed by atoms with Crippen molar-refractivity contribution >= 4 is 18.3 Å². The fourth-order valence-electron chi connectivity index (χ4n) is 2.83. The van der Waals surface area contributed by atoms with Crippen LogP contribution in [0.3, 0.4) is 0 Å². The van der Waals surface area contributed by atoms with Crippen LogP contribution in [0, 0.1) is 12.8 Å². The summed E-state index contributed by atoms with van der Waals surface area (Å²) in [5.74, 6) is 1.40. The Hall–Kier alpha value is -1.26. The molecule has 3 atom stereocenters. The van der Waals surface area contributed by atoms with E-state index in [0.717, 1.165) is 24.3 Å². The molecular formula is C17H27ClN2O2. The molecule has 1 amide bonds. The van der Waals surface area contributed by atoms with Gasteiger partial charge in [-0.25, -0.2) is 0 Å². The molecule has 1 saturated heterocycles. The van der Waals surface area contributed by atoms with E-state index in [9.17, 15) is 4.79 Å². The van der Waals surface area contributed by atoms with Crippen molar-refractivity contribution in [2.45, 2.75) is 45.7 Å². The second kappa shape index (κ2) is 9.01. The molecule has 1 heterocycles. The van der Waals surface area contributed by atoms with Crippen LogP contribution in [-0.4, -0.2) is 31.1 Å². The monoisotopic (exact) mass is 326 g/mol. The molecule has 0 bridgehead atoms. The molecule has 124 valence electrons. The fourth-order valence-corrected chi connectivity index (χ4v) is 2.83. The SMILES string of the molecule is Cc1cccc(OCCC(=O)NC2C(C)CCNC2C)c1.Cl. The molecule has 1 aliphatic heterocycles. The van der Waals surface area contributed by atoms with Crippen LogP contribution >= 0.6 is 12.4 Å². The van der Waals surface area contributed by atoms with Gasteiger partial charge in [0, 0.05) is 12.1 Å². The third-order valence-electron chi connectivity index (χ3n) is 4.13. The summed E-state index contributed by atoms with van der Waals surface area (Å²) in [6.45, 7) is 7.80. The minimum absolute atomic E-state index is 0. The summed E-state index contributed by atoms with van der Waals surface area (Å²) in [6, 6.07) is 8.42. The number of aryl methyl sites for hydroxylation is 1. The molecule has 1 aromatic carbocycles. The Balaban J connectivity index is 0.00000242. The Morgan fingerprint density at radius 3 is 2.86 bits per heavy atom. The summed E-state index contributed by atoms with van der Waals surface area (Å²) in [6.07, 6.45) is 1.50. The van der Waals surface area contributed by atoms with Crippen LogP contribution in [-0.2, 0) is 4.79 Å². The van der Waals surface area contributed by atoms with Gasteiger partial charge in [0.15, 0.2) is 0 Å². The van der Waals surface area contributed by atoms with Crippen molar-refractivity contribution in [1.29, 1.82) is 0 Å². The Labute approximate surface area is 139 Å². The topological polar surface area (TPSA) is 50.4 Å². The molecule has 4 nitrogen and oxygen atoms in total. The normalized spacial score (nSPS) is 24.2. The van der Waals surface area contributed by atoms with Crippen molar-refractivity contribution in [3.05, 3.63) is 29.8 Å². The molecule has 1 aromatic rings. The van der Waals surface area contributed by atoms with Gasteiger partial charge in [-0.05, 0) is 50.4 Å². The molecule has 1 fully saturated rings. The van der Waals surface area contributed by atoms with Crippen molar-refractivity contribution < 1.29 is 9.53 Å². The Kier molecular flexibility index (Phi) is 7.69. The first kappa shape index (κ1) is 18.8. The minimum Gasteiger partial charge on any atom is -0.493 e. The Morgan fingerprint density at radius 2 is 2.18 bits per heavy atom. The molecule has 0 spiro atoms. The number of carbonyl (C=O) groups is 1. The van der Waals surface area contributed by atoms with E-state index in [4.69, 9.17) is 4.74 Å². The van der Waals surface area contributed by atoms with E-state index < -0.39 is 0 Å². The lowest BCUT2D eigenvalue weighted by molar-refractivity contribution is -0.123. The van der Waals surface area contributed by atoms with Crippen LogP contribution in [0.25, 0.3) is 0 Å². The highest BCUT2D eigenvalue weighted by atomic mass is 35.5. The average Bonchev–Trinajstić information content (AvgIpc) is 2.43. The van der Waals surface area contributed by atoms with E-state index >= 15 is 0 Å². The smallest absolute Gasteiger partial charge is 0.223 e. The number of carbonyl (C=O) groups excluding carboxylic acids is 1. The number of halogens is 1. The summed E-state index contributed by atoms with van der Waals surface area (Å²) in [5.41, 5.74) is 1.16. The number of rotatable bonds is 5. The third-order valence-corrected chi connectivity index (χ3v) is 4.13. The van der Waals surface area contributed by atoms with Crippen molar-refractivity contribution in [3.63, 3.8) is 0 Å². The van der Waals surface area contributed by atoms with E-state index in [0.29, 0.717) is 25.0 Å². The van der Waals surface area contributed by atoms with Gasteiger partial charge >= 0.3 is 0 Å². The van der Waals surface area contributed by atoms with Gasteiger partial charge in [0.1, 0.15) is 5.75 Å². The highest BCUT2D eigenvalue weighted by Gasteiger charge is 2.28. The van der Waals surface area contributed by atoms with Crippen LogP contribution in [0.15, 0.2) is 24.3 Å². The van der Waals surface area contributed by atoms with E-state index in [-0.39, 0.29) is 24.4 Å². The Morgan fingerprint density at radius 1 is 1.41 bits per heavy atom. The third kappa shape index (κ3) is 5.50. The first-order chi connectivity index (χ1) is 10.1. The van der Waals surface area contributed by atoms with Crippen LogP contribution in [0.5, 0.6) is 5.75 Å². The molecule has 1 aliphatic rings. The van der Waals surface area contributed by atoms with E-state index in [1.54, 1.807) is 0 Å². The largest absolute Gasteiger partial charge is 0.493 e. The maximum Gasteiger partial charge on any atom is 0.223 e. The van der Waals surface area contributed by atoms with Gasteiger partial charge in [-0.3, -0.25) is 4.79 Å². The number of amides is 1. The van der Waals surface area contributed by atoms with Gasteiger partial charge < -0.3 is 15.4 Å². The lowest BCUT2D eigenvalue weighted by Crippen LogP contribution is -2.56. The maximum absolute atomic E-state index is 12.0. The number of nitrogens with one attached hydrogen (secondary N) is 2. The van der Waals surface area contributed by atoms with Gasteiger partial charge in [-0.15, -0.1) is 12.4 Å². The maximum atomic E-state index is 12.0. The zero-order valence-electron chi connectivity index (χ0n) is 13.6. The molecule has 3 unspecified atom stereocenters. The summed E-state index contributed by atoms with van der Waals surface area (Å²) in [4.78, 5) is 12.0. The second-order valence-corrected chi connectivity index (χ2v) is 6.02. The molecule has 2 N–H and O–H groups in total. The predicted molar refractivity (Wildman–Crippen MR) is 91.7 cm³/mol. The second-order valence-electron chi connectivity index (χ2n) is 6.02. The van der Waals surface area contributed by atoms with Crippen molar-refractivity contribution in [3.8, 4) is 5.75 Å². The fraction of sp³-hybridized carbons (Fsp3) is 0.588. The van der Waals surface area contributed by atoms with Gasteiger partial charge in [-0.2, -0.15) is 0 Å². The predicted octanol–water partition coefficient (Wildman–Crippen LogP) is 2.69. The van der Waals surface area contributed by atoms with Crippen molar-refractivity contribution in [2.75, 3.05) is 13.2 Å². The van der Waals surface area contributed by atoms with Gasteiger partial charge in [0.25, 0.3) is 0 Å². The van der Waals surface area contributed by atoms with Crippen molar-refractivity contribution in [2.24, 2.45) is 5.92 Å². The van der Waals surface area contributed by atoms with E-state index in [2.05, 4.69) is 24.5 Å². The molecular weight excluding hydrogens is 300 g/mol. The molecule has 0 saturated carbocycles. The number of hydrogen-bond acceptors (Lipinski definition) is 3. The molecule has 0 radical (unpaired) electrons. The highest BCUT2D eigenvalue weighted by molar-refractivity contribution is 5.85. The molecule has 22 heavy (non-hydrogen) atoms. The first-order valence-corrected chi connectivity index (χ1v) is 7.78.